The van der Waals surface area contributed by atoms with E-state index in [-0.39, 0.29) is 0 Å². The summed E-state index contributed by atoms with van der Waals surface area (Å²) in [7, 11) is 1.41. The Hall–Kier alpha value is -2.62. The second kappa shape index (κ2) is 7.18. The van der Waals surface area contributed by atoms with Crippen molar-refractivity contribution in [2.45, 2.75) is 44.1 Å². The van der Waals surface area contributed by atoms with Crippen molar-refractivity contribution < 1.29 is 33.3 Å². The van der Waals surface area contributed by atoms with Gasteiger partial charge in [0.25, 0.3) is 0 Å². The van der Waals surface area contributed by atoms with Gasteiger partial charge in [0.2, 0.25) is 6.29 Å². The summed E-state index contributed by atoms with van der Waals surface area (Å²) in [6, 6.07) is 7.77. The van der Waals surface area contributed by atoms with Gasteiger partial charge in [0.1, 0.15) is 23.5 Å². The fraction of sp³-hybridized carbons (Fsp3) is 0.444. The van der Waals surface area contributed by atoms with Gasteiger partial charge >= 0.3 is 11.7 Å². The van der Waals surface area contributed by atoms with Gasteiger partial charge in [-0.3, -0.25) is 0 Å². The molecule has 2 aromatic rings. The minimum atomic E-state index is -1.24. The Kier molecular flexibility index (Phi) is 5.09. The van der Waals surface area contributed by atoms with Gasteiger partial charge in [0, 0.05) is 24.6 Å². The number of fused-ring (bicyclic) bond motifs is 1. The van der Waals surface area contributed by atoms with Gasteiger partial charge in [0.15, 0.2) is 6.10 Å². The molecule has 0 aliphatic carbocycles. The summed E-state index contributed by atoms with van der Waals surface area (Å²) in [6.07, 6.45) is -5.50. The first-order valence-corrected chi connectivity index (χ1v) is 8.26. The second-order valence-corrected chi connectivity index (χ2v) is 6.71. The highest BCUT2D eigenvalue weighted by molar-refractivity contribution is 5.77. The number of nitrogens with two attached hydrogens (primary N) is 1. The maximum absolute atomic E-state index is 11.4. The Labute approximate surface area is 154 Å². The van der Waals surface area contributed by atoms with E-state index >= 15 is 0 Å². The van der Waals surface area contributed by atoms with Crippen LogP contribution in [0.1, 0.15) is 13.8 Å². The van der Waals surface area contributed by atoms with E-state index in [1.165, 1.54) is 19.2 Å². The van der Waals surface area contributed by atoms with E-state index in [0.29, 0.717) is 16.7 Å². The number of hydrogen-bond donors (Lipinski definition) is 2. The van der Waals surface area contributed by atoms with Crippen molar-refractivity contribution >= 4 is 17.1 Å². The average molecular weight is 379 g/mol. The van der Waals surface area contributed by atoms with Crippen LogP contribution < -0.4 is 16.1 Å². The highest BCUT2D eigenvalue weighted by Gasteiger charge is 2.52. The number of primary amides is 1. The highest BCUT2D eigenvalue weighted by atomic mass is 16.7. The van der Waals surface area contributed by atoms with Crippen LogP contribution in [0, 0.1) is 0 Å². The molecule has 0 bridgehead atoms. The molecule has 146 valence electrons. The van der Waals surface area contributed by atoms with Crippen LogP contribution in [0.25, 0.3) is 11.0 Å². The van der Waals surface area contributed by atoms with E-state index in [2.05, 4.69) is 0 Å². The summed E-state index contributed by atoms with van der Waals surface area (Å²) in [4.78, 5) is 22.7. The highest BCUT2D eigenvalue weighted by Crippen LogP contribution is 2.34. The van der Waals surface area contributed by atoms with Gasteiger partial charge in [-0.05, 0) is 32.0 Å². The van der Waals surface area contributed by atoms with Gasteiger partial charge in [-0.1, -0.05) is 0 Å². The monoisotopic (exact) mass is 379 g/mol. The first-order chi connectivity index (χ1) is 12.7. The topological polar surface area (TPSA) is 130 Å². The molecule has 2 heterocycles. The molecular formula is C18H21NO8. The van der Waals surface area contributed by atoms with E-state index in [1.807, 2.05) is 0 Å². The quantitative estimate of drug-likeness (QED) is 0.757. The Morgan fingerprint density at radius 2 is 1.96 bits per heavy atom. The molecular weight excluding hydrogens is 358 g/mol. The molecule has 9 nitrogen and oxygen atoms in total. The standard InChI is InChI=1S/C18H21NO8/c1-18(2)15(23-3)13(21)14(26-17(19)22)16(27-18)24-10-6-4-9-5-7-12(20)25-11(9)8-10/h4-8,13-16,21H,1-3H3,(H2,19,22)/t13-,14-,15+,16?/m0/s1. The van der Waals surface area contributed by atoms with Crippen molar-refractivity contribution in [3.8, 4) is 5.75 Å². The van der Waals surface area contributed by atoms with Crippen LogP contribution in [0.4, 0.5) is 4.79 Å². The Morgan fingerprint density at radius 3 is 2.63 bits per heavy atom. The van der Waals surface area contributed by atoms with E-state index in [4.69, 9.17) is 29.1 Å². The van der Waals surface area contributed by atoms with E-state index in [9.17, 15) is 14.7 Å². The molecule has 1 aromatic heterocycles. The fourth-order valence-electron chi connectivity index (χ4n) is 3.20. The van der Waals surface area contributed by atoms with Gasteiger partial charge in [0.05, 0.1) is 5.60 Å². The van der Waals surface area contributed by atoms with Crippen molar-refractivity contribution in [1.29, 1.82) is 0 Å². The average Bonchev–Trinajstić information content (AvgIpc) is 2.57. The maximum atomic E-state index is 11.4. The van der Waals surface area contributed by atoms with Gasteiger partial charge in [-0.15, -0.1) is 0 Å². The lowest BCUT2D eigenvalue weighted by Gasteiger charge is -2.47. The number of ether oxygens (including phenoxy) is 4. The largest absolute Gasteiger partial charge is 0.461 e. The first-order valence-electron chi connectivity index (χ1n) is 8.26. The van der Waals surface area contributed by atoms with Crippen molar-refractivity contribution in [2.24, 2.45) is 5.73 Å². The molecule has 1 aliphatic heterocycles. The minimum absolute atomic E-state index is 0.291. The SMILES string of the molecule is CO[C@@H]1[C@@H](O)[C@H](OC(N)=O)C(Oc2ccc3ccc(=O)oc3c2)OC1(C)C. The molecule has 1 aromatic carbocycles. The second-order valence-electron chi connectivity index (χ2n) is 6.71. The summed E-state index contributed by atoms with van der Waals surface area (Å²) in [6.45, 7) is 3.42. The molecule has 9 heteroatoms. The Bertz CT molecular complexity index is 892. The molecule has 3 N–H and O–H groups in total. The third-order valence-electron chi connectivity index (χ3n) is 4.37. The molecule has 27 heavy (non-hydrogen) atoms. The van der Waals surface area contributed by atoms with E-state index < -0.39 is 41.9 Å². The zero-order valence-electron chi connectivity index (χ0n) is 15.1. The minimum Gasteiger partial charge on any atom is -0.461 e. The van der Waals surface area contributed by atoms with Gasteiger partial charge in [-0.2, -0.15) is 0 Å². The number of aliphatic hydroxyl groups excluding tert-OH is 1. The number of carbonyl (C=O) groups is 1. The summed E-state index contributed by atoms with van der Waals surface area (Å²) in [5.74, 6) is 0.291. The van der Waals surface area contributed by atoms with E-state index in [1.54, 1.807) is 32.0 Å². The van der Waals surface area contributed by atoms with Crippen molar-refractivity contribution in [1.82, 2.24) is 0 Å². The number of amides is 1. The summed E-state index contributed by atoms with van der Waals surface area (Å²) >= 11 is 0. The normalized spacial score (nSPS) is 27.3. The number of rotatable bonds is 4. The Balaban J connectivity index is 1.92. The molecule has 0 spiro atoms. The molecule has 4 atom stereocenters. The molecule has 1 aliphatic rings. The van der Waals surface area contributed by atoms with Crippen LogP contribution in [0.5, 0.6) is 5.75 Å². The summed E-state index contributed by atoms with van der Waals surface area (Å²) < 4.78 is 27.1. The van der Waals surface area contributed by atoms with Gasteiger partial charge < -0.3 is 34.2 Å². The van der Waals surface area contributed by atoms with Crippen LogP contribution >= 0.6 is 0 Å². The molecule has 1 unspecified atom stereocenters. The van der Waals surface area contributed by atoms with Crippen molar-refractivity contribution in [3.63, 3.8) is 0 Å². The molecule has 3 rings (SSSR count). The van der Waals surface area contributed by atoms with Crippen LogP contribution in [-0.2, 0) is 14.2 Å². The predicted octanol–water partition coefficient (Wildman–Crippen LogP) is 1.15. The molecule has 0 saturated carbocycles. The lowest BCUT2D eigenvalue weighted by molar-refractivity contribution is -0.304. The van der Waals surface area contributed by atoms with Crippen LogP contribution in [0.2, 0.25) is 0 Å². The van der Waals surface area contributed by atoms with Crippen molar-refractivity contribution in [2.75, 3.05) is 7.11 Å². The maximum Gasteiger partial charge on any atom is 0.405 e. The third-order valence-corrected chi connectivity index (χ3v) is 4.37. The van der Waals surface area contributed by atoms with Crippen LogP contribution in [0.15, 0.2) is 39.5 Å². The van der Waals surface area contributed by atoms with Crippen LogP contribution in [-0.4, -0.2) is 48.5 Å². The molecule has 1 fully saturated rings. The zero-order valence-corrected chi connectivity index (χ0v) is 15.1. The fourth-order valence-corrected chi connectivity index (χ4v) is 3.20. The van der Waals surface area contributed by atoms with Gasteiger partial charge in [-0.25, -0.2) is 9.59 Å². The van der Waals surface area contributed by atoms with Crippen molar-refractivity contribution in [3.05, 3.63) is 40.8 Å². The number of hydrogen-bond acceptors (Lipinski definition) is 8. The van der Waals surface area contributed by atoms with Crippen LogP contribution in [0.3, 0.4) is 0 Å². The Morgan fingerprint density at radius 1 is 1.26 bits per heavy atom. The molecule has 1 saturated heterocycles. The summed E-state index contributed by atoms with van der Waals surface area (Å²) in [5.41, 5.74) is 3.99. The first kappa shape index (κ1) is 19.2. The lowest BCUT2D eigenvalue weighted by atomic mass is 9.89. The molecule has 0 radical (unpaired) electrons. The third kappa shape index (κ3) is 3.90. The number of carbonyl (C=O) groups excluding carboxylic acids is 1. The number of aliphatic hydroxyl groups is 1. The lowest BCUT2D eigenvalue weighted by Crippen LogP contribution is -2.65. The summed E-state index contributed by atoms with van der Waals surface area (Å²) in [5, 5.41) is 11.3. The number of methoxy groups -OCH3 is 1. The predicted molar refractivity (Wildman–Crippen MR) is 93.3 cm³/mol. The van der Waals surface area contributed by atoms with E-state index in [0.717, 1.165) is 0 Å². The molecule has 1 amide bonds. The smallest absolute Gasteiger partial charge is 0.405 e. The number of benzene rings is 1. The zero-order chi connectivity index (χ0) is 19.8.